The quantitative estimate of drug-likeness (QED) is 0.0352. The summed E-state index contributed by atoms with van der Waals surface area (Å²) in [6, 6.07) is 28.9. The van der Waals surface area contributed by atoms with Crippen molar-refractivity contribution in [1.82, 2.24) is 0 Å². The Balaban J connectivity index is 1.08. The van der Waals surface area contributed by atoms with Crippen LogP contribution in [0.4, 0.5) is 28.4 Å². The fourth-order valence-electron chi connectivity index (χ4n) is 9.88. The van der Waals surface area contributed by atoms with Gasteiger partial charge in [0.05, 0.1) is 70.1 Å². The van der Waals surface area contributed by atoms with E-state index >= 15 is 0 Å². The van der Waals surface area contributed by atoms with E-state index < -0.39 is 5.97 Å². The first-order valence-electron chi connectivity index (χ1n) is 25.2. The summed E-state index contributed by atoms with van der Waals surface area (Å²) in [4.78, 5) is 45.7. The molecule has 16 nitrogen and oxygen atoms in total. The molecule has 0 saturated carbocycles. The summed E-state index contributed by atoms with van der Waals surface area (Å²) < 4.78 is 41.5. The fourth-order valence-corrected chi connectivity index (χ4v) is 11.0. The lowest BCUT2D eigenvalue weighted by Gasteiger charge is -2.34. The van der Waals surface area contributed by atoms with Crippen LogP contribution >= 0.6 is 11.8 Å². The van der Waals surface area contributed by atoms with Gasteiger partial charge in [0.1, 0.15) is 13.2 Å². The molecule has 5 aromatic carbocycles. The molecule has 2 atom stereocenters. The number of nitrogens with one attached hydrogen (secondary N) is 1. The summed E-state index contributed by atoms with van der Waals surface area (Å²) in [5, 5.41) is 12.9. The minimum atomic E-state index is -0.811. The molecule has 0 saturated heterocycles. The monoisotopic (exact) mass is 1030 g/mol. The van der Waals surface area contributed by atoms with Crippen LogP contribution in [0.2, 0.25) is 0 Å². The van der Waals surface area contributed by atoms with Gasteiger partial charge < -0.3 is 64.0 Å². The number of carboxylic acid groups (broad SMARTS) is 1. The maximum atomic E-state index is 14.2. The van der Waals surface area contributed by atoms with Crippen LogP contribution < -0.4 is 44.7 Å². The molecule has 0 unspecified atom stereocenters. The normalized spacial score (nSPS) is 15.6. The van der Waals surface area contributed by atoms with E-state index in [1.807, 2.05) is 66.4 Å². The molecule has 0 bridgehead atoms. The van der Waals surface area contributed by atoms with Gasteiger partial charge in [-0.25, -0.2) is 0 Å². The SMILES string of the molecule is COCCOCCOCCN(CC(C)(C)SCCCC(=O)O)c1cc(COc2cc(N)c(C(=O)N3c4ccccc4C[C@H]3C)cc2OC)cc(COc2cc3c(cc2OC)C(=O)N2c4ccccc4C[C@H]2CN3)c1. The Kier molecular flexibility index (Phi) is 17.8. The third-order valence-corrected chi connectivity index (χ3v) is 14.8. The summed E-state index contributed by atoms with van der Waals surface area (Å²) in [6.07, 6.45) is 2.17. The predicted molar refractivity (Wildman–Crippen MR) is 290 cm³/mol. The molecule has 74 heavy (non-hydrogen) atoms. The molecule has 0 spiro atoms. The lowest BCUT2D eigenvalue weighted by molar-refractivity contribution is -0.137. The van der Waals surface area contributed by atoms with Crippen molar-refractivity contribution in [2.45, 2.75) is 76.5 Å². The Bertz CT molecular complexity index is 2790. The van der Waals surface area contributed by atoms with Crippen LogP contribution in [-0.4, -0.2) is 119 Å². The summed E-state index contributed by atoms with van der Waals surface area (Å²) in [5.74, 6) is 1.19. The number of fused-ring (bicyclic) bond motifs is 5. The summed E-state index contributed by atoms with van der Waals surface area (Å²) in [6.45, 7) is 10.5. The van der Waals surface area contributed by atoms with E-state index in [2.05, 4.69) is 42.3 Å². The van der Waals surface area contributed by atoms with Crippen molar-refractivity contribution in [2.75, 3.05) is 106 Å². The lowest BCUT2D eigenvalue weighted by atomic mass is 10.1. The number of carboxylic acids is 1. The van der Waals surface area contributed by atoms with Crippen molar-refractivity contribution in [3.05, 3.63) is 124 Å². The van der Waals surface area contributed by atoms with Crippen molar-refractivity contribution in [3.63, 3.8) is 0 Å². The maximum absolute atomic E-state index is 14.2. The second-order valence-electron chi connectivity index (χ2n) is 19.4. The number of para-hydroxylation sites is 2. The molecule has 0 fully saturated rings. The van der Waals surface area contributed by atoms with Gasteiger partial charge in [0.15, 0.2) is 23.0 Å². The number of hydrogen-bond donors (Lipinski definition) is 3. The molecule has 5 aromatic rings. The zero-order chi connectivity index (χ0) is 52.4. The van der Waals surface area contributed by atoms with Crippen LogP contribution in [0.3, 0.4) is 0 Å². The molecule has 3 aliphatic heterocycles. The molecule has 0 aliphatic carbocycles. The summed E-state index contributed by atoms with van der Waals surface area (Å²) >= 11 is 1.73. The van der Waals surface area contributed by atoms with Crippen LogP contribution in [0.15, 0.2) is 91.0 Å². The number of nitrogen functional groups attached to an aromatic ring is 1. The van der Waals surface area contributed by atoms with Gasteiger partial charge in [-0.15, -0.1) is 0 Å². The van der Waals surface area contributed by atoms with Crippen LogP contribution in [0.25, 0.3) is 0 Å². The van der Waals surface area contributed by atoms with Crippen LogP contribution in [0, 0.1) is 0 Å². The summed E-state index contributed by atoms with van der Waals surface area (Å²) in [5.41, 5.74) is 15.0. The highest BCUT2D eigenvalue weighted by Crippen LogP contribution is 2.42. The number of carbonyl (C=O) groups excluding carboxylic acids is 2. The Hall–Kier alpha value is -6.66. The molecular formula is C57H69N5O11S. The van der Waals surface area contributed by atoms with Crippen LogP contribution in [-0.2, 0) is 45.1 Å². The number of aliphatic carboxylic acids is 1. The van der Waals surface area contributed by atoms with E-state index in [1.165, 1.54) is 7.11 Å². The Morgan fingerprint density at radius 3 is 2.12 bits per heavy atom. The Morgan fingerprint density at radius 1 is 0.797 bits per heavy atom. The number of thioether (sulfide) groups is 1. The van der Waals surface area contributed by atoms with Gasteiger partial charge in [-0.3, -0.25) is 14.4 Å². The molecule has 8 rings (SSSR count). The molecule has 3 aliphatic rings. The van der Waals surface area contributed by atoms with Gasteiger partial charge in [-0.1, -0.05) is 36.4 Å². The van der Waals surface area contributed by atoms with Gasteiger partial charge in [-0.2, -0.15) is 11.8 Å². The second-order valence-corrected chi connectivity index (χ2v) is 21.2. The average Bonchev–Trinajstić information content (AvgIpc) is 3.90. The Labute approximate surface area is 438 Å². The molecular weight excluding hydrogens is 963 g/mol. The van der Waals surface area contributed by atoms with Gasteiger partial charge >= 0.3 is 5.97 Å². The number of methoxy groups -OCH3 is 3. The van der Waals surface area contributed by atoms with Gasteiger partial charge in [0, 0.05) is 78.8 Å². The number of nitrogens with two attached hydrogens (primary N) is 1. The molecule has 4 N–H and O–H groups in total. The smallest absolute Gasteiger partial charge is 0.303 e. The predicted octanol–water partition coefficient (Wildman–Crippen LogP) is 8.90. The number of nitrogens with zero attached hydrogens (tertiary/aromatic N) is 3. The lowest BCUT2D eigenvalue weighted by Crippen LogP contribution is -2.39. The molecule has 17 heteroatoms. The highest BCUT2D eigenvalue weighted by Gasteiger charge is 2.38. The minimum absolute atomic E-state index is 0.0319. The van der Waals surface area contributed by atoms with E-state index in [0.717, 1.165) is 52.2 Å². The van der Waals surface area contributed by atoms with Gasteiger partial charge in [-0.05, 0) is 111 Å². The highest BCUT2D eigenvalue weighted by molar-refractivity contribution is 8.00. The van der Waals surface area contributed by atoms with Gasteiger partial charge in [0.2, 0.25) is 0 Å². The molecule has 3 heterocycles. The largest absolute Gasteiger partial charge is 0.493 e. The fraction of sp³-hybridized carbons (Fsp3) is 0.421. The first kappa shape index (κ1) is 53.6. The maximum Gasteiger partial charge on any atom is 0.303 e. The van der Waals surface area contributed by atoms with Crippen molar-refractivity contribution in [3.8, 4) is 23.0 Å². The molecule has 2 amide bonds. The van der Waals surface area contributed by atoms with Gasteiger partial charge in [0.25, 0.3) is 11.8 Å². The zero-order valence-corrected chi connectivity index (χ0v) is 44.1. The number of anilines is 5. The number of benzene rings is 5. The first-order valence-corrected chi connectivity index (χ1v) is 26.2. The molecule has 0 aromatic heterocycles. The van der Waals surface area contributed by atoms with Crippen molar-refractivity contribution in [2.24, 2.45) is 0 Å². The van der Waals surface area contributed by atoms with E-state index in [0.29, 0.717) is 105 Å². The molecule has 394 valence electrons. The first-order chi connectivity index (χ1) is 35.8. The number of rotatable bonds is 26. The van der Waals surface area contributed by atoms with E-state index in [4.69, 9.17) is 38.9 Å². The van der Waals surface area contributed by atoms with E-state index in [-0.39, 0.29) is 54.0 Å². The van der Waals surface area contributed by atoms with Crippen LogP contribution in [0.1, 0.15) is 76.6 Å². The standard InChI is InChI=1S/C57H69N5O11S/c1-37-24-40-12-7-9-14-48(40)61(37)55(65)44-29-50(68-5)52(31-46(44)58)72-34-38-25-39(27-42(26-38)60(17-18-70-21-22-71-20-19-67-4)36-57(2,3)74-23-11-16-54(63)64)35-73-53-32-47-45(30-51(53)69-6)56(66)62-43(33-59-47)28-41-13-8-10-15-49(41)62/h7-10,12-15,25-27,29-32,37,43,59H,11,16-24,28,33-36,58H2,1-6H3,(H,63,64)/t37-,43+/m1/s1. The number of amides is 2. The van der Waals surface area contributed by atoms with E-state index in [1.54, 1.807) is 49.1 Å². The third-order valence-electron chi connectivity index (χ3n) is 13.4. The van der Waals surface area contributed by atoms with Crippen molar-refractivity contribution in [1.29, 1.82) is 0 Å². The van der Waals surface area contributed by atoms with Crippen molar-refractivity contribution < 1.29 is 52.6 Å². The highest BCUT2D eigenvalue weighted by atomic mass is 32.2. The molecule has 0 radical (unpaired) electrons. The second kappa shape index (κ2) is 24.6. The number of ether oxygens (including phenoxy) is 7. The zero-order valence-electron chi connectivity index (χ0n) is 43.3. The number of carbonyl (C=O) groups is 3. The average molecular weight is 1030 g/mol. The topological polar surface area (TPSA) is 184 Å². The van der Waals surface area contributed by atoms with Crippen molar-refractivity contribution >= 4 is 58.0 Å². The minimum Gasteiger partial charge on any atom is -0.493 e. The Morgan fingerprint density at radius 2 is 1.43 bits per heavy atom. The van der Waals surface area contributed by atoms with E-state index in [9.17, 15) is 19.5 Å². The van der Waals surface area contributed by atoms with Crippen LogP contribution in [0.5, 0.6) is 23.0 Å². The summed E-state index contributed by atoms with van der Waals surface area (Å²) in [7, 11) is 4.74. The third kappa shape index (κ3) is 12.8. The number of hydrogen-bond acceptors (Lipinski definition) is 14.